The van der Waals surface area contributed by atoms with E-state index in [0.717, 1.165) is 17.5 Å². The van der Waals surface area contributed by atoms with Gasteiger partial charge < -0.3 is 9.47 Å². The monoisotopic (exact) mass is 342 g/mol. The molecule has 0 atom stereocenters. The summed E-state index contributed by atoms with van der Waals surface area (Å²) in [6.07, 6.45) is 2.85. The molecule has 24 heavy (non-hydrogen) atoms. The molecule has 0 bridgehead atoms. The molecule has 0 radical (unpaired) electrons. The van der Waals surface area contributed by atoms with Crippen LogP contribution in [0, 0.1) is 5.82 Å². The van der Waals surface area contributed by atoms with Crippen LogP contribution in [0.3, 0.4) is 0 Å². The second-order valence-corrected chi connectivity index (χ2v) is 6.56. The highest BCUT2D eigenvalue weighted by atomic mass is 35.5. The number of carbonyl (C=O) groups is 1. The van der Waals surface area contributed by atoms with E-state index in [0.29, 0.717) is 13.1 Å². The average molecular weight is 343 g/mol. The van der Waals surface area contributed by atoms with E-state index in [4.69, 9.17) is 11.6 Å². The van der Waals surface area contributed by atoms with Gasteiger partial charge in [-0.15, -0.1) is 0 Å². The Morgan fingerprint density at radius 3 is 2.75 bits per heavy atom. The number of aryl methyl sites for hydroxylation is 1. The van der Waals surface area contributed by atoms with Gasteiger partial charge in [-0.1, -0.05) is 29.8 Å². The van der Waals surface area contributed by atoms with Gasteiger partial charge in [0.15, 0.2) is 0 Å². The predicted octanol–water partition coefficient (Wildman–Crippen LogP) is 4.17. The fraction of sp³-hybridized carbons (Fsp3) is 0.211. The van der Waals surface area contributed by atoms with Crippen LogP contribution < -0.4 is 0 Å². The molecule has 2 aromatic carbocycles. The molecular formula is C19H16ClFN2O. The van der Waals surface area contributed by atoms with Crippen LogP contribution in [0.25, 0.3) is 10.9 Å². The Morgan fingerprint density at radius 1 is 1.17 bits per heavy atom. The Labute approximate surface area is 144 Å². The van der Waals surface area contributed by atoms with E-state index >= 15 is 0 Å². The maximum atomic E-state index is 14.1. The first-order valence-corrected chi connectivity index (χ1v) is 8.23. The van der Waals surface area contributed by atoms with Crippen molar-refractivity contribution in [3.63, 3.8) is 0 Å². The van der Waals surface area contributed by atoms with E-state index in [2.05, 4.69) is 16.8 Å². The van der Waals surface area contributed by atoms with Gasteiger partial charge in [-0.2, -0.15) is 0 Å². The third kappa shape index (κ3) is 2.29. The van der Waals surface area contributed by atoms with Gasteiger partial charge >= 0.3 is 0 Å². The van der Waals surface area contributed by atoms with Gasteiger partial charge in [0, 0.05) is 37.2 Å². The van der Waals surface area contributed by atoms with Crippen LogP contribution in [0.1, 0.15) is 21.5 Å². The molecule has 2 heterocycles. The molecule has 1 aromatic heterocycles. The highest BCUT2D eigenvalue weighted by molar-refractivity contribution is 6.33. The van der Waals surface area contributed by atoms with Crippen molar-refractivity contribution in [2.75, 3.05) is 6.54 Å². The fourth-order valence-corrected chi connectivity index (χ4v) is 3.76. The van der Waals surface area contributed by atoms with Gasteiger partial charge in [-0.25, -0.2) is 4.39 Å². The van der Waals surface area contributed by atoms with Crippen molar-refractivity contribution in [2.24, 2.45) is 7.05 Å². The van der Waals surface area contributed by atoms with Gasteiger partial charge in [-0.05, 0) is 35.7 Å². The molecule has 1 aliphatic rings. The molecule has 122 valence electrons. The first kappa shape index (κ1) is 15.2. The van der Waals surface area contributed by atoms with Crippen LogP contribution in [0.4, 0.5) is 4.39 Å². The normalized spacial score (nSPS) is 14.0. The topological polar surface area (TPSA) is 25.2 Å². The lowest BCUT2D eigenvalue weighted by Gasteiger charge is -2.22. The molecule has 0 spiro atoms. The number of hydrogen-bond donors (Lipinski definition) is 0. The smallest absolute Gasteiger partial charge is 0.258 e. The van der Waals surface area contributed by atoms with E-state index < -0.39 is 5.82 Å². The summed E-state index contributed by atoms with van der Waals surface area (Å²) in [6, 6.07) is 10.4. The van der Waals surface area contributed by atoms with Gasteiger partial charge in [0.05, 0.1) is 10.6 Å². The number of halogens is 2. The third-order valence-corrected chi connectivity index (χ3v) is 4.97. The Morgan fingerprint density at radius 2 is 1.96 bits per heavy atom. The Hall–Kier alpha value is -2.33. The molecule has 0 aliphatic carbocycles. The number of amides is 1. The zero-order chi connectivity index (χ0) is 16.8. The van der Waals surface area contributed by atoms with Gasteiger partial charge in [-0.3, -0.25) is 4.79 Å². The average Bonchev–Trinajstić information content (AvgIpc) is 2.76. The maximum Gasteiger partial charge on any atom is 0.258 e. The van der Waals surface area contributed by atoms with Crippen molar-refractivity contribution in [1.82, 2.24) is 9.47 Å². The van der Waals surface area contributed by atoms with Crippen LogP contribution in [0.2, 0.25) is 5.02 Å². The Bertz CT molecular complexity index is 943. The van der Waals surface area contributed by atoms with Gasteiger partial charge in [0.2, 0.25) is 0 Å². The number of aromatic nitrogens is 1. The number of carbonyl (C=O) groups excluding carboxylic acids is 1. The van der Waals surface area contributed by atoms with Crippen molar-refractivity contribution in [2.45, 2.75) is 13.0 Å². The van der Waals surface area contributed by atoms with Crippen LogP contribution >= 0.6 is 11.6 Å². The maximum absolute atomic E-state index is 14.1. The zero-order valence-electron chi connectivity index (χ0n) is 13.2. The molecule has 4 rings (SSSR count). The minimum atomic E-state index is -0.576. The van der Waals surface area contributed by atoms with E-state index in [9.17, 15) is 9.18 Å². The van der Waals surface area contributed by atoms with Crippen molar-refractivity contribution >= 4 is 28.4 Å². The number of nitrogens with zero attached hydrogens (tertiary/aromatic N) is 2. The van der Waals surface area contributed by atoms with Crippen LogP contribution in [0.15, 0.2) is 42.6 Å². The minimum absolute atomic E-state index is 0.0431. The summed E-state index contributed by atoms with van der Waals surface area (Å²) in [4.78, 5) is 14.5. The second kappa shape index (κ2) is 5.64. The fourth-order valence-electron chi connectivity index (χ4n) is 3.51. The quantitative estimate of drug-likeness (QED) is 0.651. The predicted molar refractivity (Wildman–Crippen MR) is 92.8 cm³/mol. The molecule has 5 heteroatoms. The van der Waals surface area contributed by atoms with Crippen LogP contribution in [-0.4, -0.2) is 21.9 Å². The highest BCUT2D eigenvalue weighted by Crippen LogP contribution is 2.30. The lowest BCUT2D eigenvalue weighted by atomic mass is 10.1. The van der Waals surface area contributed by atoms with Crippen LogP contribution in [0.5, 0.6) is 0 Å². The molecule has 0 saturated heterocycles. The van der Waals surface area contributed by atoms with Crippen molar-refractivity contribution in [3.8, 4) is 0 Å². The van der Waals surface area contributed by atoms with Crippen molar-refractivity contribution in [1.29, 1.82) is 0 Å². The van der Waals surface area contributed by atoms with Crippen molar-refractivity contribution < 1.29 is 9.18 Å². The number of rotatable bonds is 1. The Kier molecular flexibility index (Phi) is 3.57. The zero-order valence-corrected chi connectivity index (χ0v) is 14.0. The first-order valence-electron chi connectivity index (χ1n) is 7.85. The number of hydrogen-bond acceptors (Lipinski definition) is 1. The molecule has 3 aromatic rings. The summed E-state index contributed by atoms with van der Waals surface area (Å²) in [5.74, 6) is -0.932. The SMILES string of the molecule is Cn1cc2c3c(cccc31)CN(C(=O)c1c(F)cccc1Cl)CC2. The third-order valence-electron chi connectivity index (χ3n) is 4.66. The summed E-state index contributed by atoms with van der Waals surface area (Å²) >= 11 is 6.06. The van der Waals surface area contributed by atoms with Gasteiger partial charge in [0.1, 0.15) is 5.82 Å². The first-order chi connectivity index (χ1) is 11.6. The van der Waals surface area contributed by atoms with Crippen LogP contribution in [-0.2, 0) is 20.0 Å². The molecule has 0 unspecified atom stereocenters. The van der Waals surface area contributed by atoms with Gasteiger partial charge in [0.25, 0.3) is 5.91 Å². The minimum Gasteiger partial charge on any atom is -0.350 e. The molecular weight excluding hydrogens is 327 g/mol. The summed E-state index contributed by atoms with van der Waals surface area (Å²) < 4.78 is 16.2. The molecule has 0 fully saturated rings. The summed E-state index contributed by atoms with van der Waals surface area (Å²) in [5, 5.41) is 1.36. The summed E-state index contributed by atoms with van der Waals surface area (Å²) in [7, 11) is 2.03. The summed E-state index contributed by atoms with van der Waals surface area (Å²) in [5.41, 5.74) is 3.42. The Balaban J connectivity index is 1.76. The summed E-state index contributed by atoms with van der Waals surface area (Å²) in [6.45, 7) is 0.995. The lowest BCUT2D eigenvalue weighted by molar-refractivity contribution is 0.0743. The molecule has 1 aliphatic heterocycles. The standard InChI is InChI=1S/C19H16ClFN2O/c1-22-10-13-8-9-23(11-12-4-2-7-16(22)17(12)13)19(24)18-14(20)5-3-6-15(18)21/h2-7,10H,8-9,11H2,1H3. The molecule has 0 saturated carbocycles. The van der Waals surface area contributed by atoms with E-state index in [1.54, 1.807) is 11.0 Å². The highest BCUT2D eigenvalue weighted by Gasteiger charge is 2.26. The van der Waals surface area contributed by atoms with E-state index in [1.807, 2.05) is 19.2 Å². The largest absolute Gasteiger partial charge is 0.350 e. The molecule has 3 nitrogen and oxygen atoms in total. The van der Waals surface area contributed by atoms with E-state index in [-0.39, 0.29) is 16.5 Å². The number of benzene rings is 2. The lowest BCUT2D eigenvalue weighted by Crippen LogP contribution is -2.32. The molecule has 1 amide bonds. The van der Waals surface area contributed by atoms with E-state index in [1.165, 1.54) is 23.1 Å². The second-order valence-electron chi connectivity index (χ2n) is 6.15. The van der Waals surface area contributed by atoms with Crippen molar-refractivity contribution in [3.05, 3.63) is 70.1 Å². The molecule has 0 N–H and O–H groups in total.